The summed E-state index contributed by atoms with van der Waals surface area (Å²) < 4.78 is 0. The zero-order valence-corrected chi connectivity index (χ0v) is 7.53. The highest BCUT2D eigenvalue weighted by molar-refractivity contribution is 5.91. The molecule has 5 heteroatoms. The van der Waals surface area contributed by atoms with Crippen LogP contribution in [0.4, 0.5) is 0 Å². The highest BCUT2D eigenvalue weighted by Crippen LogP contribution is 2.18. The molecule has 0 unspecified atom stereocenters. The Bertz CT molecular complexity index is 200. The zero-order valence-electron chi connectivity index (χ0n) is 7.53. The topological polar surface area (TPSA) is 104 Å². The Hall–Kier alpha value is -0.910. The van der Waals surface area contributed by atoms with Crippen LogP contribution < -0.4 is 5.73 Å². The van der Waals surface area contributed by atoms with Gasteiger partial charge in [0.2, 0.25) is 5.91 Å². The maximum atomic E-state index is 10.6. The summed E-state index contributed by atoms with van der Waals surface area (Å²) in [4.78, 5) is 10.6. The van der Waals surface area contributed by atoms with Gasteiger partial charge in [0.25, 0.3) is 0 Å². The molecule has 0 aliphatic rings. The van der Waals surface area contributed by atoms with E-state index in [1.165, 1.54) is 13.0 Å². The average Bonchev–Trinajstić information content (AvgIpc) is 2.14. The SMILES string of the molecule is C/C(=C\C(CO)(CO)CO)C(N)=O. The van der Waals surface area contributed by atoms with Crippen LogP contribution in [0.2, 0.25) is 0 Å². The van der Waals surface area contributed by atoms with Gasteiger partial charge in [-0.05, 0) is 6.92 Å². The number of primary amides is 1. The lowest BCUT2D eigenvalue weighted by molar-refractivity contribution is -0.114. The van der Waals surface area contributed by atoms with Crippen molar-refractivity contribution in [3.05, 3.63) is 11.6 Å². The Balaban J connectivity index is 4.76. The monoisotopic (exact) mass is 189 g/mol. The van der Waals surface area contributed by atoms with Gasteiger partial charge in [0.15, 0.2) is 0 Å². The molecule has 0 rings (SSSR count). The first-order valence-electron chi connectivity index (χ1n) is 3.83. The van der Waals surface area contributed by atoms with E-state index >= 15 is 0 Å². The molecule has 1 amide bonds. The Morgan fingerprint density at radius 2 is 1.69 bits per heavy atom. The normalized spacial score (nSPS) is 13.1. The molecule has 0 aromatic heterocycles. The summed E-state index contributed by atoms with van der Waals surface area (Å²) >= 11 is 0. The highest BCUT2D eigenvalue weighted by atomic mass is 16.3. The van der Waals surface area contributed by atoms with Crippen molar-refractivity contribution in [2.75, 3.05) is 19.8 Å². The fourth-order valence-corrected chi connectivity index (χ4v) is 0.817. The standard InChI is InChI=1S/C8H15NO4/c1-6(7(9)13)2-8(3-10,4-11)5-12/h2,10-12H,3-5H2,1H3,(H2,9,13)/b6-2+. The number of carbonyl (C=O) groups excluding carboxylic acids is 1. The molecule has 0 fully saturated rings. The molecule has 0 heterocycles. The maximum Gasteiger partial charge on any atom is 0.244 e. The van der Waals surface area contributed by atoms with Crippen LogP contribution in [0.25, 0.3) is 0 Å². The molecule has 5 nitrogen and oxygen atoms in total. The number of carbonyl (C=O) groups is 1. The highest BCUT2D eigenvalue weighted by Gasteiger charge is 2.26. The van der Waals surface area contributed by atoms with Crippen molar-refractivity contribution in [3.63, 3.8) is 0 Å². The second-order valence-electron chi connectivity index (χ2n) is 3.03. The van der Waals surface area contributed by atoms with E-state index < -0.39 is 31.1 Å². The first-order valence-corrected chi connectivity index (χ1v) is 3.83. The molecular formula is C8H15NO4. The summed E-state index contributed by atoms with van der Waals surface area (Å²) in [5.41, 5.74) is 3.99. The van der Waals surface area contributed by atoms with Crippen LogP contribution >= 0.6 is 0 Å². The van der Waals surface area contributed by atoms with Gasteiger partial charge in [-0.3, -0.25) is 4.79 Å². The van der Waals surface area contributed by atoms with Crippen LogP contribution in [0.3, 0.4) is 0 Å². The summed E-state index contributed by atoms with van der Waals surface area (Å²) in [6.45, 7) is 0.137. The minimum atomic E-state index is -1.17. The van der Waals surface area contributed by atoms with Crippen LogP contribution in [0.5, 0.6) is 0 Å². The molecule has 0 aromatic carbocycles. The quantitative estimate of drug-likeness (QED) is 0.390. The number of amides is 1. The van der Waals surface area contributed by atoms with Crippen molar-refractivity contribution in [3.8, 4) is 0 Å². The van der Waals surface area contributed by atoms with Gasteiger partial charge in [0, 0.05) is 5.57 Å². The molecule has 0 saturated carbocycles. The lowest BCUT2D eigenvalue weighted by Gasteiger charge is -2.23. The Labute approximate surface area is 76.5 Å². The summed E-state index contributed by atoms with van der Waals surface area (Å²) in [7, 11) is 0. The smallest absolute Gasteiger partial charge is 0.244 e. The van der Waals surface area contributed by atoms with E-state index in [2.05, 4.69) is 0 Å². The van der Waals surface area contributed by atoms with Gasteiger partial charge in [-0.15, -0.1) is 0 Å². The van der Waals surface area contributed by atoms with Crippen LogP contribution in [0.15, 0.2) is 11.6 Å². The molecule has 0 saturated heterocycles. The molecule has 5 N–H and O–H groups in total. The van der Waals surface area contributed by atoms with Crippen molar-refractivity contribution >= 4 is 5.91 Å². The number of hydrogen-bond acceptors (Lipinski definition) is 4. The largest absolute Gasteiger partial charge is 0.395 e. The average molecular weight is 189 g/mol. The molecule has 0 radical (unpaired) electrons. The number of rotatable bonds is 5. The number of nitrogens with two attached hydrogens (primary N) is 1. The van der Waals surface area contributed by atoms with Crippen molar-refractivity contribution < 1.29 is 20.1 Å². The van der Waals surface area contributed by atoms with Crippen molar-refractivity contribution in [2.24, 2.45) is 11.1 Å². The lowest BCUT2D eigenvalue weighted by Crippen LogP contribution is -2.33. The van der Waals surface area contributed by atoms with Crippen LogP contribution in [-0.4, -0.2) is 41.0 Å². The first-order chi connectivity index (χ1) is 6.01. The number of hydrogen-bond donors (Lipinski definition) is 4. The van der Waals surface area contributed by atoms with E-state index in [4.69, 9.17) is 21.1 Å². The van der Waals surface area contributed by atoms with Gasteiger partial charge in [-0.1, -0.05) is 6.08 Å². The third-order valence-electron chi connectivity index (χ3n) is 1.86. The summed E-state index contributed by atoms with van der Waals surface area (Å²) in [6.07, 6.45) is 1.29. The third-order valence-corrected chi connectivity index (χ3v) is 1.86. The maximum absolute atomic E-state index is 10.6. The van der Waals surface area contributed by atoms with Crippen LogP contribution in [0, 0.1) is 5.41 Å². The van der Waals surface area contributed by atoms with E-state index in [1.54, 1.807) is 0 Å². The molecule has 0 aromatic rings. The van der Waals surface area contributed by atoms with E-state index in [0.717, 1.165) is 0 Å². The predicted octanol–water partition coefficient (Wildman–Crippen LogP) is -1.62. The van der Waals surface area contributed by atoms with Crippen molar-refractivity contribution in [2.45, 2.75) is 6.92 Å². The zero-order chi connectivity index (χ0) is 10.5. The molecule has 0 aliphatic heterocycles. The van der Waals surface area contributed by atoms with Crippen LogP contribution in [0.1, 0.15) is 6.92 Å². The van der Waals surface area contributed by atoms with Crippen LogP contribution in [-0.2, 0) is 4.79 Å². The number of aliphatic hydroxyl groups is 3. The fourth-order valence-electron chi connectivity index (χ4n) is 0.817. The minimum Gasteiger partial charge on any atom is -0.395 e. The Kier molecular flexibility index (Phi) is 4.61. The van der Waals surface area contributed by atoms with Gasteiger partial charge in [-0.25, -0.2) is 0 Å². The first kappa shape index (κ1) is 12.1. The van der Waals surface area contributed by atoms with Gasteiger partial charge in [-0.2, -0.15) is 0 Å². The molecule has 0 aliphatic carbocycles. The molecule has 13 heavy (non-hydrogen) atoms. The van der Waals surface area contributed by atoms with E-state index in [1.807, 2.05) is 0 Å². The van der Waals surface area contributed by atoms with Crippen molar-refractivity contribution in [1.29, 1.82) is 0 Å². The van der Waals surface area contributed by atoms with E-state index in [9.17, 15) is 4.79 Å². The molecule has 0 atom stereocenters. The summed E-state index contributed by atoms with van der Waals surface area (Å²) in [5.74, 6) is -0.639. The summed E-state index contributed by atoms with van der Waals surface area (Å²) in [5, 5.41) is 26.7. The van der Waals surface area contributed by atoms with Gasteiger partial charge >= 0.3 is 0 Å². The summed E-state index contributed by atoms with van der Waals surface area (Å²) in [6, 6.07) is 0. The minimum absolute atomic E-state index is 0.206. The fraction of sp³-hybridized carbons (Fsp3) is 0.625. The lowest BCUT2D eigenvalue weighted by atomic mass is 9.89. The molecule has 76 valence electrons. The van der Waals surface area contributed by atoms with E-state index in [-0.39, 0.29) is 5.57 Å². The second kappa shape index (κ2) is 4.96. The second-order valence-corrected chi connectivity index (χ2v) is 3.03. The van der Waals surface area contributed by atoms with Gasteiger partial charge in [0.05, 0.1) is 25.2 Å². The Morgan fingerprint density at radius 3 is 1.92 bits per heavy atom. The predicted molar refractivity (Wildman–Crippen MR) is 46.6 cm³/mol. The van der Waals surface area contributed by atoms with Gasteiger partial charge in [0.1, 0.15) is 0 Å². The third kappa shape index (κ3) is 3.14. The molecule has 0 spiro atoms. The van der Waals surface area contributed by atoms with Crippen molar-refractivity contribution in [1.82, 2.24) is 0 Å². The van der Waals surface area contributed by atoms with E-state index in [0.29, 0.717) is 0 Å². The molecule has 0 bridgehead atoms. The molecular weight excluding hydrogens is 174 g/mol. The Morgan fingerprint density at radius 1 is 1.31 bits per heavy atom. The van der Waals surface area contributed by atoms with Gasteiger partial charge < -0.3 is 21.1 Å². The number of aliphatic hydroxyl groups excluding tert-OH is 3.